The van der Waals surface area contributed by atoms with Crippen LogP contribution in [0.4, 0.5) is 17.1 Å². The van der Waals surface area contributed by atoms with Gasteiger partial charge in [0, 0.05) is 49.6 Å². The molecule has 1 N–H and O–H groups in total. The minimum absolute atomic E-state index is 0.0293. The quantitative estimate of drug-likeness (QED) is 0.353. The second-order valence-corrected chi connectivity index (χ2v) is 7.77. The Labute approximate surface area is 181 Å². The van der Waals surface area contributed by atoms with Gasteiger partial charge in [-0.2, -0.15) is 4.58 Å². The zero-order chi connectivity index (χ0) is 22.0. The normalized spacial score (nSPS) is 13.0. The Morgan fingerprint density at radius 3 is 2.52 bits per heavy atom. The van der Waals surface area contributed by atoms with Crippen LogP contribution in [0.2, 0.25) is 0 Å². The van der Waals surface area contributed by atoms with Crippen LogP contribution in [0, 0.1) is 10.1 Å². The van der Waals surface area contributed by atoms with E-state index in [0.29, 0.717) is 12.1 Å². The summed E-state index contributed by atoms with van der Waals surface area (Å²) in [6.45, 7) is 0.351. The third kappa shape index (κ3) is 4.33. The number of para-hydroxylation sites is 1. The fraction of sp³-hybridized carbons (Fsp3) is 0.160. The highest BCUT2D eigenvalue weighted by molar-refractivity contribution is 5.99. The Kier molecular flexibility index (Phi) is 5.54. The lowest BCUT2D eigenvalue weighted by atomic mass is 10.1. The molecule has 0 fully saturated rings. The molecule has 0 atom stereocenters. The predicted octanol–water partition coefficient (Wildman–Crippen LogP) is 4.92. The van der Waals surface area contributed by atoms with Crippen LogP contribution in [-0.2, 0) is 13.0 Å². The first-order valence-corrected chi connectivity index (χ1v) is 10.1. The fourth-order valence-corrected chi connectivity index (χ4v) is 3.76. The highest BCUT2D eigenvalue weighted by Gasteiger charge is 2.29. The number of hydrogen-bond donors (Lipinski definition) is 1. The average molecular weight is 414 g/mol. The number of rotatable bonds is 6. The number of nitro groups is 1. The van der Waals surface area contributed by atoms with Crippen molar-refractivity contribution in [3.8, 4) is 5.75 Å². The SMILES string of the molecule is CN(C)c1ccc(/C=C/C2=[N+](Cc3cc([N+](=O)[O-])ccc3O)c3ccccc3C2)cc1. The topological polar surface area (TPSA) is 69.6 Å². The van der Waals surface area contributed by atoms with Crippen molar-refractivity contribution in [3.63, 3.8) is 0 Å². The average Bonchev–Trinajstić information content (AvgIpc) is 3.11. The summed E-state index contributed by atoms with van der Waals surface area (Å²) < 4.78 is 2.11. The molecule has 0 radical (unpaired) electrons. The lowest BCUT2D eigenvalue weighted by Crippen LogP contribution is -2.11. The Bertz CT molecular complexity index is 1190. The van der Waals surface area contributed by atoms with Gasteiger partial charge in [0.05, 0.1) is 16.9 Å². The van der Waals surface area contributed by atoms with Crippen molar-refractivity contribution in [2.45, 2.75) is 13.0 Å². The maximum Gasteiger partial charge on any atom is 0.270 e. The van der Waals surface area contributed by atoms with Gasteiger partial charge in [0.25, 0.3) is 5.69 Å². The van der Waals surface area contributed by atoms with Crippen LogP contribution in [0.5, 0.6) is 5.75 Å². The van der Waals surface area contributed by atoms with E-state index in [2.05, 4.69) is 52.0 Å². The van der Waals surface area contributed by atoms with Crippen molar-refractivity contribution in [1.82, 2.24) is 0 Å². The van der Waals surface area contributed by atoms with Gasteiger partial charge in [-0.05, 0) is 29.8 Å². The largest absolute Gasteiger partial charge is 0.507 e. The van der Waals surface area contributed by atoms with Gasteiger partial charge in [-0.25, -0.2) is 0 Å². The van der Waals surface area contributed by atoms with Crippen molar-refractivity contribution in [1.29, 1.82) is 0 Å². The number of phenolic OH excluding ortho intramolecular Hbond substituents is 1. The van der Waals surface area contributed by atoms with Crippen molar-refractivity contribution in [3.05, 3.63) is 99.6 Å². The second-order valence-electron chi connectivity index (χ2n) is 7.77. The summed E-state index contributed by atoms with van der Waals surface area (Å²) in [5, 5.41) is 21.5. The third-order valence-electron chi connectivity index (χ3n) is 5.48. The minimum Gasteiger partial charge on any atom is -0.507 e. The Hall–Kier alpha value is -3.93. The molecule has 4 rings (SSSR count). The second kappa shape index (κ2) is 8.44. The van der Waals surface area contributed by atoms with Crippen molar-refractivity contribution < 1.29 is 14.6 Å². The van der Waals surface area contributed by atoms with Gasteiger partial charge in [0.2, 0.25) is 5.69 Å². The van der Waals surface area contributed by atoms with Crippen LogP contribution in [0.15, 0.2) is 72.8 Å². The van der Waals surface area contributed by atoms with Crippen LogP contribution >= 0.6 is 0 Å². The molecule has 0 amide bonds. The van der Waals surface area contributed by atoms with Gasteiger partial charge >= 0.3 is 0 Å². The highest BCUT2D eigenvalue weighted by atomic mass is 16.6. The minimum atomic E-state index is -0.442. The molecule has 6 nitrogen and oxygen atoms in total. The number of anilines is 1. The summed E-state index contributed by atoms with van der Waals surface area (Å²) in [4.78, 5) is 12.8. The van der Waals surface area contributed by atoms with E-state index in [4.69, 9.17) is 0 Å². The summed E-state index contributed by atoms with van der Waals surface area (Å²) in [6.07, 6.45) is 4.91. The molecular formula is C25H24N3O3+. The fourth-order valence-electron chi connectivity index (χ4n) is 3.76. The molecule has 1 aliphatic rings. The van der Waals surface area contributed by atoms with Gasteiger partial charge in [-0.3, -0.25) is 10.1 Å². The van der Waals surface area contributed by atoms with Crippen LogP contribution in [0.3, 0.4) is 0 Å². The molecule has 31 heavy (non-hydrogen) atoms. The third-order valence-corrected chi connectivity index (χ3v) is 5.48. The van der Waals surface area contributed by atoms with Gasteiger partial charge in [0.15, 0.2) is 12.3 Å². The molecule has 1 heterocycles. The Morgan fingerprint density at radius 2 is 1.81 bits per heavy atom. The molecule has 1 aliphatic heterocycles. The molecule has 0 bridgehead atoms. The van der Waals surface area contributed by atoms with E-state index in [1.54, 1.807) is 0 Å². The van der Waals surface area contributed by atoms with Crippen molar-refractivity contribution in [2.75, 3.05) is 19.0 Å². The molecule has 6 heteroatoms. The molecule has 0 aromatic heterocycles. The summed E-state index contributed by atoms with van der Waals surface area (Å²) in [6, 6.07) is 20.6. The molecule has 0 saturated carbocycles. The zero-order valence-corrected chi connectivity index (χ0v) is 17.5. The number of nitro benzene ring substituents is 1. The molecule has 3 aromatic rings. The number of benzene rings is 3. The number of non-ortho nitro benzene ring substituents is 1. The molecule has 3 aromatic carbocycles. The van der Waals surface area contributed by atoms with Crippen LogP contribution in [0.25, 0.3) is 6.08 Å². The lowest BCUT2D eigenvalue weighted by Gasteiger charge is -2.11. The van der Waals surface area contributed by atoms with Crippen LogP contribution in [-0.4, -0.2) is 34.4 Å². The van der Waals surface area contributed by atoms with Gasteiger partial charge in [-0.1, -0.05) is 30.3 Å². The summed E-state index contributed by atoms with van der Waals surface area (Å²) in [5.74, 6) is 0.0533. The number of hydrogen-bond acceptors (Lipinski definition) is 4. The van der Waals surface area contributed by atoms with Crippen molar-refractivity contribution in [2.24, 2.45) is 0 Å². The number of nitrogens with zero attached hydrogens (tertiary/aromatic N) is 3. The van der Waals surface area contributed by atoms with E-state index in [9.17, 15) is 15.2 Å². The van der Waals surface area contributed by atoms with Gasteiger partial charge < -0.3 is 10.0 Å². The van der Waals surface area contributed by atoms with E-state index >= 15 is 0 Å². The van der Waals surface area contributed by atoms with E-state index in [0.717, 1.165) is 29.1 Å². The van der Waals surface area contributed by atoms with Gasteiger partial charge in [0.1, 0.15) is 5.75 Å². The summed E-state index contributed by atoms with van der Waals surface area (Å²) in [5.41, 5.74) is 6.04. The first kappa shape index (κ1) is 20.3. The zero-order valence-electron chi connectivity index (χ0n) is 17.5. The highest BCUT2D eigenvalue weighted by Crippen LogP contribution is 2.31. The maximum atomic E-state index is 11.2. The molecule has 156 valence electrons. The smallest absolute Gasteiger partial charge is 0.270 e. The van der Waals surface area contributed by atoms with Crippen LogP contribution < -0.4 is 4.90 Å². The predicted molar refractivity (Wildman–Crippen MR) is 123 cm³/mol. The molecule has 0 saturated heterocycles. The standard InChI is InChI=1S/C25H23N3O3/c1-26(2)21-10-7-18(8-11-21)9-12-22-15-19-5-3-4-6-24(19)27(22)17-20-16-23(28(30)31)13-14-25(20)29/h3-14,16H,15,17H2,1-2H3/p+1. The number of phenols is 1. The molecular weight excluding hydrogens is 390 g/mol. The molecule has 0 aliphatic carbocycles. The molecule has 0 unspecified atom stereocenters. The summed E-state index contributed by atoms with van der Waals surface area (Å²) in [7, 11) is 4.02. The maximum absolute atomic E-state index is 11.2. The monoisotopic (exact) mass is 414 g/mol. The Balaban J connectivity index is 1.69. The van der Waals surface area contributed by atoms with Crippen LogP contribution in [0.1, 0.15) is 16.7 Å². The molecule has 0 spiro atoms. The first-order chi connectivity index (χ1) is 14.9. The number of allylic oxidation sites excluding steroid dienone is 1. The van der Waals surface area contributed by atoms with Gasteiger partial charge in [-0.15, -0.1) is 0 Å². The summed E-state index contributed by atoms with van der Waals surface area (Å²) >= 11 is 0. The van der Waals surface area contributed by atoms with E-state index in [1.807, 2.05) is 32.3 Å². The van der Waals surface area contributed by atoms with E-state index in [-0.39, 0.29) is 11.4 Å². The van der Waals surface area contributed by atoms with Crippen molar-refractivity contribution >= 4 is 28.8 Å². The van der Waals surface area contributed by atoms with E-state index in [1.165, 1.54) is 23.8 Å². The first-order valence-electron chi connectivity index (χ1n) is 10.1. The van der Waals surface area contributed by atoms with E-state index < -0.39 is 4.92 Å². The Morgan fingerprint density at radius 1 is 1.06 bits per heavy atom. The number of fused-ring (bicyclic) bond motifs is 1. The number of aromatic hydroxyl groups is 1. The lowest BCUT2D eigenvalue weighted by molar-refractivity contribution is -0.454.